The van der Waals surface area contributed by atoms with Gasteiger partial charge in [0.2, 0.25) is 0 Å². The Morgan fingerprint density at radius 1 is 0.966 bits per heavy atom. The Labute approximate surface area is 171 Å². The highest BCUT2D eigenvalue weighted by Gasteiger charge is 2.31. The van der Waals surface area contributed by atoms with Crippen molar-refractivity contribution < 1.29 is 13.2 Å². The fourth-order valence-corrected chi connectivity index (χ4v) is 4.69. The Hall–Kier alpha value is -3.12. The van der Waals surface area contributed by atoms with Crippen molar-refractivity contribution in [3.05, 3.63) is 89.5 Å². The minimum Gasteiger partial charge on any atom is -0.305 e. The summed E-state index contributed by atoms with van der Waals surface area (Å²) in [6.45, 7) is 3.95. The number of aryl methyl sites for hydroxylation is 1. The van der Waals surface area contributed by atoms with Crippen LogP contribution in [0.3, 0.4) is 0 Å². The van der Waals surface area contributed by atoms with Gasteiger partial charge in [-0.2, -0.15) is 0 Å². The van der Waals surface area contributed by atoms with Gasteiger partial charge in [0.05, 0.1) is 4.90 Å². The lowest BCUT2D eigenvalue weighted by atomic mass is 10.1. The van der Waals surface area contributed by atoms with E-state index in [2.05, 4.69) is 4.72 Å². The molecular formula is C23H22N2O3S. The first-order valence-electron chi connectivity index (χ1n) is 9.46. The standard InChI is InChI=1S/C23H22N2O3S/c1-16-7-11-20(12-8-16)24-29(27,28)21-13-9-18(10-14-21)23(26)25-17(2)15-19-5-3-4-6-22(19)25/h3-14,17,24H,15H2,1-2H3/t17-/m1/s1. The van der Waals surface area contributed by atoms with Crippen LogP contribution in [0.4, 0.5) is 11.4 Å². The van der Waals surface area contributed by atoms with Gasteiger partial charge in [0.15, 0.2) is 0 Å². The van der Waals surface area contributed by atoms with Crippen LogP contribution in [-0.4, -0.2) is 20.4 Å². The number of nitrogens with zero attached hydrogens (tertiary/aromatic N) is 1. The second kappa shape index (κ2) is 7.37. The van der Waals surface area contributed by atoms with E-state index < -0.39 is 10.0 Å². The van der Waals surface area contributed by atoms with Crippen molar-refractivity contribution in [3.63, 3.8) is 0 Å². The summed E-state index contributed by atoms with van der Waals surface area (Å²) in [4.78, 5) is 15.0. The lowest BCUT2D eigenvalue weighted by Crippen LogP contribution is -2.35. The van der Waals surface area contributed by atoms with E-state index >= 15 is 0 Å². The summed E-state index contributed by atoms with van der Waals surface area (Å²) in [7, 11) is -3.72. The van der Waals surface area contributed by atoms with Crippen molar-refractivity contribution in [2.24, 2.45) is 0 Å². The monoisotopic (exact) mass is 406 g/mol. The highest BCUT2D eigenvalue weighted by atomic mass is 32.2. The van der Waals surface area contributed by atoms with Crippen LogP contribution in [0.15, 0.2) is 77.7 Å². The molecule has 0 unspecified atom stereocenters. The zero-order valence-electron chi connectivity index (χ0n) is 16.3. The van der Waals surface area contributed by atoms with Gasteiger partial charge < -0.3 is 4.90 Å². The second-order valence-electron chi connectivity index (χ2n) is 7.35. The molecule has 0 aliphatic carbocycles. The summed E-state index contributed by atoms with van der Waals surface area (Å²) in [6, 6.07) is 21.1. The number of rotatable bonds is 4. The van der Waals surface area contributed by atoms with Gasteiger partial charge in [0, 0.05) is 23.0 Å². The van der Waals surface area contributed by atoms with E-state index in [9.17, 15) is 13.2 Å². The molecule has 0 aromatic heterocycles. The van der Waals surface area contributed by atoms with Crippen molar-refractivity contribution in [2.75, 3.05) is 9.62 Å². The fourth-order valence-electron chi connectivity index (χ4n) is 3.63. The maximum absolute atomic E-state index is 13.1. The molecule has 148 valence electrons. The molecule has 1 amide bonds. The SMILES string of the molecule is Cc1ccc(NS(=O)(=O)c2ccc(C(=O)N3c4ccccc4C[C@H]3C)cc2)cc1. The molecule has 0 saturated carbocycles. The van der Waals surface area contributed by atoms with Crippen LogP contribution >= 0.6 is 0 Å². The smallest absolute Gasteiger partial charge is 0.261 e. The summed E-state index contributed by atoms with van der Waals surface area (Å²) >= 11 is 0. The molecule has 1 N–H and O–H groups in total. The predicted molar refractivity (Wildman–Crippen MR) is 115 cm³/mol. The molecule has 0 bridgehead atoms. The van der Waals surface area contributed by atoms with E-state index in [1.54, 1.807) is 29.2 Å². The molecule has 0 saturated heterocycles. The Morgan fingerprint density at radius 3 is 2.31 bits per heavy atom. The Balaban J connectivity index is 1.56. The summed E-state index contributed by atoms with van der Waals surface area (Å²) < 4.78 is 27.8. The van der Waals surface area contributed by atoms with E-state index in [0.717, 1.165) is 23.2 Å². The largest absolute Gasteiger partial charge is 0.305 e. The number of anilines is 2. The third-order valence-electron chi connectivity index (χ3n) is 5.14. The molecule has 0 fully saturated rings. The molecule has 3 aromatic rings. The third-order valence-corrected chi connectivity index (χ3v) is 6.54. The zero-order valence-corrected chi connectivity index (χ0v) is 17.1. The first-order valence-corrected chi connectivity index (χ1v) is 10.9. The van der Waals surface area contributed by atoms with Crippen LogP contribution in [0.1, 0.15) is 28.4 Å². The van der Waals surface area contributed by atoms with E-state index in [-0.39, 0.29) is 16.8 Å². The first kappa shape index (κ1) is 19.2. The Kier molecular flexibility index (Phi) is 4.88. The van der Waals surface area contributed by atoms with Crippen LogP contribution in [0.25, 0.3) is 0 Å². The van der Waals surface area contributed by atoms with Gasteiger partial charge in [-0.05, 0) is 68.3 Å². The number of sulfonamides is 1. The van der Waals surface area contributed by atoms with Gasteiger partial charge in [-0.3, -0.25) is 9.52 Å². The third kappa shape index (κ3) is 3.76. The van der Waals surface area contributed by atoms with E-state index in [1.165, 1.54) is 12.1 Å². The number of benzene rings is 3. The maximum atomic E-state index is 13.1. The van der Waals surface area contributed by atoms with Gasteiger partial charge in [0.25, 0.3) is 15.9 Å². The molecule has 6 heteroatoms. The van der Waals surface area contributed by atoms with Crippen LogP contribution in [-0.2, 0) is 16.4 Å². The van der Waals surface area contributed by atoms with Crippen molar-refractivity contribution >= 4 is 27.3 Å². The second-order valence-corrected chi connectivity index (χ2v) is 9.04. The molecule has 0 radical (unpaired) electrons. The number of carbonyl (C=O) groups is 1. The fraction of sp³-hybridized carbons (Fsp3) is 0.174. The molecule has 1 atom stereocenters. The number of hydrogen-bond donors (Lipinski definition) is 1. The molecule has 1 aliphatic rings. The minimum absolute atomic E-state index is 0.0616. The van der Waals surface area contributed by atoms with E-state index in [1.807, 2.05) is 50.2 Å². The summed E-state index contributed by atoms with van der Waals surface area (Å²) in [5.41, 5.74) is 4.08. The first-order chi connectivity index (χ1) is 13.8. The van der Waals surface area contributed by atoms with Crippen molar-refractivity contribution in [3.8, 4) is 0 Å². The highest BCUT2D eigenvalue weighted by molar-refractivity contribution is 7.92. The Bertz CT molecular complexity index is 1150. The van der Waals surface area contributed by atoms with Crippen molar-refractivity contribution in [1.29, 1.82) is 0 Å². The maximum Gasteiger partial charge on any atom is 0.261 e. The number of carbonyl (C=O) groups excluding carboxylic acids is 1. The minimum atomic E-state index is -3.72. The van der Waals surface area contributed by atoms with Gasteiger partial charge in [-0.25, -0.2) is 8.42 Å². The molecule has 1 aliphatic heterocycles. The van der Waals surface area contributed by atoms with Gasteiger partial charge in [0.1, 0.15) is 0 Å². The predicted octanol–water partition coefficient (Wildman–Crippen LogP) is 4.39. The van der Waals surface area contributed by atoms with Crippen LogP contribution < -0.4 is 9.62 Å². The number of amides is 1. The molecule has 29 heavy (non-hydrogen) atoms. The summed E-state index contributed by atoms with van der Waals surface area (Å²) in [6.07, 6.45) is 0.814. The van der Waals surface area contributed by atoms with Gasteiger partial charge >= 0.3 is 0 Å². The van der Waals surface area contributed by atoms with Crippen LogP contribution in [0, 0.1) is 6.92 Å². The molecular weight excluding hydrogens is 384 g/mol. The highest BCUT2D eigenvalue weighted by Crippen LogP contribution is 2.33. The van der Waals surface area contributed by atoms with Crippen molar-refractivity contribution in [2.45, 2.75) is 31.2 Å². The van der Waals surface area contributed by atoms with Crippen LogP contribution in [0.5, 0.6) is 0 Å². The van der Waals surface area contributed by atoms with Crippen molar-refractivity contribution in [1.82, 2.24) is 0 Å². The number of nitrogens with one attached hydrogen (secondary N) is 1. The van der Waals surface area contributed by atoms with E-state index in [4.69, 9.17) is 0 Å². The summed E-state index contributed by atoms with van der Waals surface area (Å²) in [5, 5.41) is 0. The number of fused-ring (bicyclic) bond motifs is 1. The molecule has 1 heterocycles. The number of para-hydroxylation sites is 1. The number of hydrogen-bond acceptors (Lipinski definition) is 3. The summed E-state index contributed by atoms with van der Waals surface area (Å²) in [5.74, 6) is -0.127. The molecule has 0 spiro atoms. The quantitative estimate of drug-likeness (QED) is 0.699. The topological polar surface area (TPSA) is 66.5 Å². The van der Waals surface area contributed by atoms with Crippen LogP contribution in [0.2, 0.25) is 0 Å². The van der Waals surface area contributed by atoms with E-state index in [0.29, 0.717) is 11.3 Å². The molecule has 3 aromatic carbocycles. The zero-order chi connectivity index (χ0) is 20.6. The normalized spacial score (nSPS) is 15.8. The average molecular weight is 407 g/mol. The average Bonchev–Trinajstić information content (AvgIpc) is 3.05. The molecule has 4 rings (SSSR count). The lowest BCUT2D eigenvalue weighted by molar-refractivity contribution is 0.0981. The Morgan fingerprint density at radius 2 is 1.62 bits per heavy atom. The lowest BCUT2D eigenvalue weighted by Gasteiger charge is -2.23. The van der Waals surface area contributed by atoms with Gasteiger partial charge in [-0.1, -0.05) is 35.9 Å². The molecule has 5 nitrogen and oxygen atoms in total. The van der Waals surface area contributed by atoms with Gasteiger partial charge in [-0.15, -0.1) is 0 Å².